The number of halogens is 4. The number of carbonyl (C=O) groups is 1. The van der Waals surface area contributed by atoms with Crippen LogP contribution in [0.15, 0.2) is 66.8 Å². The molecule has 0 aliphatic heterocycles. The Balaban J connectivity index is 2.46. The van der Waals surface area contributed by atoms with Crippen molar-refractivity contribution in [3.05, 3.63) is 89.3 Å². The fourth-order valence-corrected chi connectivity index (χ4v) is 2.05. The molecule has 2 aromatic rings. The molecule has 0 atom stereocenters. The minimum atomic E-state index is -4.44. The van der Waals surface area contributed by atoms with Crippen molar-refractivity contribution in [1.82, 2.24) is 0 Å². The molecule has 2 nitrogen and oxygen atoms in total. The quantitative estimate of drug-likeness (QED) is 0.489. The first kappa shape index (κ1) is 17.5. The Hall–Kier alpha value is -2.89. The number of aliphatic carboxylic acids is 1. The average molecular weight is 336 g/mol. The molecule has 6 heteroatoms. The van der Waals surface area contributed by atoms with Crippen LogP contribution in [-0.4, -0.2) is 11.1 Å². The minimum absolute atomic E-state index is 0.449. The lowest BCUT2D eigenvalue weighted by molar-refractivity contribution is -0.137. The van der Waals surface area contributed by atoms with Crippen LogP contribution in [0.25, 0.3) is 5.57 Å². The number of allylic oxidation sites excluding steroid dienone is 2. The van der Waals surface area contributed by atoms with Gasteiger partial charge in [-0.3, -0.25) is 0 Å². The molecule has 2 aromatic carbocycles. The maximum Gasteiger partial charge on any atom is 0.416 e. The van der Waals surface area contributed by atoms with Crippen molar-refractivity contribution in [3.8, 4) is 0 Å². The Morgan fingerprint density at radius 1 is 0.917 bits per heavy atom. The van der Waals surface area contributed by atoms with E-state index in [1.807, 2.05) is 0 Å². The van der Waals surface area contributed by atoms with E-state index in [0.717, 1.165) is 18.2 Å². The highest BCUT2D eigenvalue weighted by atomic mass is 19.4. The van der Waals surface area contributed by atoms with Gasteiger partial charge < -0.3 is 5.11 Å². The molecule has 0 amide bonds. The molecular weight excluding hydrogens is 324 g/mol. The van der Waals surface area contributed by atoms with E-state index < -0.39 is 23.5 Å². The fourth-order valence-electron chi connectivity index (χ4n) is 2.05. The topological polar surface area (TPSA) is 37.3 Å². The lowest BCUT2D eigenvalue weighted by Crippen LogP contribution is -2.04. The van der Waals surface area contributed by atoms with Crippen molar-refractivity contribution in [1.29, 1.82) is 0 Å². The molecule has 2 rings (SSSR count). The number of rotatable bonds is 4. The van der Waals surface area contributed by atoms with Crippen LogP contribution >= 0.6 is 0 Å². The number of benzene rings is 2. The molecule has 0 heterocycles. The number of alkyl halides is 3. The van der Waals surface area contributed by atoms with Gasteiger partial charge in [-0.1, -0.05) is 36.4 Å². The Morgan fingerprint density at radius 2 is 1.42 bits per heavy atom. The van der Waals surface area contributed by atoms with Crippen LogP contribution in [0, 0.1) is 5.82 Å². The highest BCUT2D eigenvalue weighted by Crippen LogP contribution is 2.31. The zero-order valence-electron chi connectivity index (χ0n) is 12.2. The van der Waals surface area contributed by atoms with Crippen molar-refractivity contribution in [3.63, 3.8) is 0 Å². The summed E-state index contributed by atoms with van der Waals surface area (Å²) in [4.78, 5) is 10.6. The summed E-state index contributed by atoms with van der Waals surface area (Å²) < 4.78 is 51.0. The molecule has 0 spiro atoms. The van der Waals surface area contributed by atoms with Gasteiger partial charge in [-0.2, -0.15) is 13.2 Å². The number of hydrogen-bond donors (Lipinski definition) is 1. The highest BCUT2D eigenvalue weighted by molar-refractivity contribution is 5.84. The van der Waals surface area contributed by atoms with Gasteiger partial charge in [-0.05, 0) is 41.0 Å². The summed E-state index contributed by atoms with van der Waals surface area (Å²) in [7, 11) is 0. The van der Waals surface area contributed by atoms with E-state index in [2.05, 4.69) is 0 Å². The van der Waals surface area contributed by atoms with Crippen LogP contribution < -0.4 is 0 Å². The van der Waals surface area contributed by atoms with Gasteiger partial charge in [0.05, 0.1) is 5.56 Å². The molecule has 0 aliphatic carbocycles. The Labute approximate surface area is 135 Å². The van der Waals surface area contributed by atoms with E-state index in [1.54, 1.807) is 0 Å². The van der Waals surface area contributed by atoms with E-state index in [1.165, 1.54) is 48.6 Å². The zero-order chi connectivity index (χ0) is 17.7. The van der Waals surface area contributed by atoms with Crippen molar-refractivity contribution in [2.75, 3.05) is 0 Å². The molecule has 0 fully saturated rings. The highest BCUT2D eigenvalue weighted by Gasteiger charge is 2.30. The van der Waals surface area contributed by atoms with Crippen LogP contribution in [0.4, 0.5) is 17.6 Å². The summed E-state index contributed by atoms with van der Waals surface area (Å²) in [6, 6.07) is 9.81. The van der Waals surface area contributed by atoms with Gasteiger partial charge in [0.25, 0.3) is 0 Å². The van der Waals surface area contributed by atoms with E-state index in [0.29, 0.717) is 16.7 Å². The normalized spacial score (nSPS) is 12.6. The molecule has 0 radical (unpaired) electrons. The third kappa shape index (κ3) is 4.55. The summed E-state index contributed by atoms with van der Waals surface area (Å²) in [6.07, 6.45) is -0.836. The molecule has 0 unspecified atom stereocenters. The predicted octanol–water partition coefficient (Wildman–Crippen LogP) is 4.92. The van der Waals surface area contributed by atoms with E-state index in [9.17, 15) is 22.4 Å². The maximum atomic E-state index is 13.1. The van der Waals surface area contributed by atoms with Gasteiger partial charge in [0.1, 0.15) is 5.82 Å². The number of carboxylic acid groups (broad SMARTS) is 1. The van der Waals surface area contributed by atoms with E-state index >= 15 is 0 Å². The van der Waals surface area contributed by atoms with Gasteiger partial charge in [0, 0.05) is 6.08 Å². The van der Waals surface area contributed by atoms with Crippen molar-refractivity contribution < 1.29 is 27.5 Å². The summed E-state index contributed by atoms with van der Waals surface area (Å²) in [5, 5.41) is 8.64. The Kier molecular flexibility index (Phi) is 5.18. The van der Waals surface area contributed by atoms with Crippen LogP contribution in [-0.2, 0) is 11.0 Å². The van der Waals surface area contributed by atoms with Crippen LogP contribution in [0.2, 0.25) is 0 Å². The predicted molar refractivity (Wildman–Crippen MR) is 81.7 cm³/mol. The van der Waals surface area contributed by atoms with Gasteiger partial charge in [0.15, 0.2) is 0 Å². The first-order valence-corrected chi connectivity index (χ1v) is 6.82. The molecule has 0 saturated heterocycles. The third-order valence-electron chi connectivity index (χ3n) is 3.18. The maximum absolute atomic E-state index is 13.1. The minimum Gasteiger partial charge on any atom is -0.478 e. The standard InChI is InChI=1S/C18H12F4O2/c19-15-10-6-13(7-11-15)16(2-1-3-17(23)24)12-4-8-14(9-5-12)18(20,21)22/h1-11H,(H,23,24)/b3-1+,16-2+. The average Bonchev–Trinajstić information content (AvgIpc) is 2.52. The second-order valence-corrected chi connectivity index (χ2v) is 4.86. The number of carboxylic acids is 1. The Bertz CT molecular complexity index is 770. The molecule has 24 heavy (non-hydrogen) atoms. The molecule has 0 bridgehead atoms. The second-order valence-electron chi connectivity index (χ2n) is 4.86. The molecular formula is C18H12F4O2. The van der Waals surface area contributed by atoms with Crippen molar-refractivity contribution >= 4 is 11.5 Å². The zero-order valence-corrected chi connectivity index (χ0v) is 12.2. The summed E-state index contributed by atoms with van der Waals surface area (Å²) in [5.74, 6) is -1.61. The summed E-state index contributed by atoms with van der Waals surface area (Å²) in [5.41, 5.74) is 0.683. The van der Waals surface area contributed by atoms with Gasteiger partial charge in [-0.25, -0.2) is 9.18 Å². The van der Waals surface area contributed by atoms with Crippen molar-refractivity contribution in [2.24, 2.45) is 0 Å². The smallest absolute Gasteiger partial charge is 0.416 e. The summed E-state index contributed by atoms with van der Waals surface area (Å²) >= 11 is 0. The largest absolute Gasteiger partial charge is 0.478 e. The molecule has 1 N–H and O–H groups in total. The summed E-state index contributed by atoms with van der Waals surface area (Å²) in [6.45, 7) is 0. The van der Waals surface area contributed by atoms with Crippen LogP contribution in [0.1, 0.15) is 16.7 Å². The molecule has 0 aromatic heterocycles. The van der Waals surface area contributed by atoms with Gasteiger partial charge in [-0.15, -0.1) is 0 Å². The van der Waals surface area contributed by atoms with Crippen molar-refractivity contribution in [2.45, 2.75) is 6.18 Å². The lowest BCUT2D eigenvalue weighted by Gasteiger charge is -2.11. The number of hydrogen-bond acceptors (Lipinski definition) is 1. The van der Waals surface area contributed by atoms with Gasteiger partial charge in [0.2, 0.25) is 0 Å². The first-order chi connectivity index (χ1) is 11.3. The third-order valence-corrected chi connectivity index (χ3v) is 3.18. The fraction of sp³-hybridized carbons (Fsp3) is 0.0556. The SMILES string of the molecule is O=C(O)/C=C/C=C(/c1ccc(F)cc1)c1ccc(C(F)(F)F)cc1. The van der Waals surface area contributed by atoms with Gasteiger partial charge >= 0.3 is 12.1 Å². The molecule has 0 aliphatic rings. The molecule has 0 saturated carbocycles. The lowest BCUT2D eigenvalue weighted by atomic mass is 9.96. The monoisotopic (exact) mass is 336 g/mol. The van der Waals surface area contributed by atoms with Crippen LogP contribution in [0.3, 0.4) is 0 Å². The first-order valence-electron chi connectivity index (χ1n) is 6.82. The van der Waals surface area contributed by atoms with Crippen LogP contribution in [0.5, 0.6) is 0 Å². The van der Waals surface area contributed by atoms with E-state index in [-0.39, 0.29) is 0 Å². The van der Waals surface area contributed by atoms with E-state index in [4.69, 9.17) is 5.11 Å². The molecule has 124 valence electrons. The second kappa shape index (κ2) is 7.12. The Morgan fingerprint density at radius 3 is 1.88 bits per heavy atom.